The lowest BCUT2D eigenvalue weighted by Crippen LogP contribution is -1.99. The van der Waals surface area contributed by atoms with Crippen LogP contribution in [-0.2, 0) is 12.8 Å². The molecule has 0 fully saturated rings. The number of aryl methyl sites for hydroxylation is 2. The molecule has 2 N–H and O–H groups in total. The molecule has 0 unspecified atom stereocenters. The molecule has 12 heavy (non-hydrogen) atoms. The van der Waals surface area contributed by atoms with Crippen LogP contribution in [0.2, 0.25) is 0 Å². The van der Waals surface area contributed by atoms with Crippen molar-refractivity contribution in [1.82, 2.24) is 4.98 Å². The summed E-state index contributed by atoms with van der Waals surface area (Å²) in [4.78, 5) is 4.15. The van der Waals surface area contributed by atoms with Crippen LogP contribution in [0.3, 0.4) is 0 Å². The van der Waals surface area contributed by atoms with Crippen molar-refractivity contribution in [3.63, 3.8) is 0 Å². The van der Waals surface area contributed by atoms with E-state index in [0.29, 0.717) is 6.54 Å². The smallest absolute Gasteiger partial charge is 0.194 e. The highest BCUT2D eigenvalue weighted by Gasteiger charge is 2.01. The van der Waals surface area contributed by atoms with Gasteiger partial charge < -0.3 is 10.2 Å². The molecular formula is C9H16N2O. The molecule has 1 heterocycles. The van der Waals surface area contributed by atoms with E-state index in [0.717, 1.165) is 37.3 Å². The molecule has 3 heteroatoms. The zero-order chi connectivity index (χ0) is 8.81. The first-order valence-corrected chi connectivity index (χ1v) is 4.50. The second kappa shape index (κ2) is 4.93. The predicted octanol–water partition coefficient (Wildman–Crippen LogP) is 1.52. The quantitative estimate of drug-likeness (QED) is 0.725. The third-order valence-corrected chi connectivity index (χ3v) is 1.69. The standard InChI is InChI=1S/C9H16N2O/c1-2-4-9-11-7-8(12-9)5-3-6-10/h7H,2-6,10H2,1H3. The van der Waals surface area contributed by atoms with E-state index >= 15 is 0 Å². The van der Waals surface area contributed by atoms with Gasteiger partial charge >= 0.3 is 0 Å². The monoisotopic (exact) mass is 168 g/mol. The average molecular weight is 168 g/mol. The predicted molar refractivity (Wildman–Crippen MR) is 47.9 cm³/mol. The van der Waals surface area contributed by atoms with Gasteiger partial charge in [-0.05, 0) is 19.4 Å². The summed E-state index contributed by atoms with van der Waals surface area (Å²) in [6.07, 6.45) is 5.70. The lowest BCUT2D eigenvalue weighted by molar-refractivity contribution is 0.449. The van der Waals surface area contributed by atoms with Gasteiger partial charge in [0.05, 0.1) is 6.20 Å². The lowest BCUT2D eigenvalue weighted by Gasteiger charge is -1.92. The molecule has 0 atom stereocenters. The second-order valence-corrected chi connectivity index (χ2v) is 2.86. The fraction of sp³-hybridized carbons (Fsp3) is 0.667. The van der Waals surface area contributed by atoms with Crippen molar-refractivity contribution in [2.24, 2.45) is 5.73 Å². The molecule has 0 amide bonds. The molecule has 1 aromatic rings. The number of hydrogen-bond donors (Lipinski definition) is 1. The van der Waals surface area contributed by atoms with Gasteiger partial charge in [0.25, 0.3) is 0 Å². The summed E-state index contributed by atoms with van der Waals surface area (Å²) < 4.78 is 5.46. The van der Waals surface area contributed by atoms with Crippen molar-refractivity contribution in [3.8, 4) is 0 Å². The highest BCUT2D eigenvalue weighted by Crippen LogP contribution is 2.07. The van der Waals surface area contributed by atoms with E-state index in [-0.39, 0.29) is 0 Å². The molecular weight excluding hydrogens is 152 g/mol. The van der Waals surface area contributed by atoms with Crippen LogP contribution in [0.1, 0.15) is 31.4 Å². The molecule has 0 aliphatic rings. The number of aromatic nitrogens is 1. The van der Waals surface area contributed by atoms with E-state index in [1.165, 1.54) is 0 Å². The van der Waals surface area contributed by atoms with E-state index in [2.05, 4.69) is 11.9 Å². The summed E-state index contributed by atoms with van der Waals surface area (Å²) in [5.41, 5.74) is 5.38. The number of hydrogen-bond acceptors (Lipinski definition) is 3. The first kappa shape index (κ1) is 9.26. The van der Waals surface area contributed by atoms with Crippen LogP contribution in [0.15, 0.2) is 10.6 Å². The first-order chi connectivity index (χ1) is 5.86. The third-order valence-electron chi connectivity index (χ3n) is 1.69. The highest BCUT2D eigenvalue weighted by atomic mass is 16.4. The summed E-state index contributed by atoms with van der Waals surface area (Å²) in [6, 6.07) is 0. The number of rotatable bonds is 5. The van der Waals surface area contributed by atoms with Crippen molar-refractivity contribution < 1.29 is 4.42 Å². The van der Waals surface area contributed by atoms with Crippen molar-refractivity contribution in [2.45, 2.75) is 32.6 Å². The van der Waals surface area contributed by atoms with Crippen molar-refractivity contribution >= 4 is 0 Å². The third kappa shape index (κ3) is 2.66. The van der Waals surface area contributed by atoms with Crippen LogP contribution in [-0.4, -0.2) is 11.5 Å². The maximum absolute atomic E-state index is 5.46. The Morgan fingerprint density at radius 1 is 1.50 bits per heavy atom. The minimum atomic E-state index is 0.712. The Hall–Kier alpha value is -0.830. The SMILES string of the molecule is CCCc1ncc(CCCN)o1. The molecule has 0 aromatic carbocycles. The molecule has 0 saturated heterocycles. The zero-order valence-electron chi connectivity index (χ0n) is 7.55. The van der Waals surface area contributed by atoms with Gasteiger partial charge in [-0.25, -0.2) is 4.98 Å². The topological polar surface area (TPSA) is 52.0 Å². The Labute approximate surface area is 73.0 Å². The van der Waals surface area contributed by atoms with Gasteiger partial charge in [0.2, 0.25) is 0 Å². The number of oxazole rings is 1. The maximum atomic E-state index is 5.46. The van der Waals surface area contributed by atoms with Crippen LogP contribution in [0, 0.1) is 0 Å². The van der Waals surface area contributed by atoms with E-state index in [1.54, 1.807) is 6.20 Å². The van der Waals surface area contributed by atoms with E-state index < -0.39 is 0 Å². The fourth-order valence-electron chi connectivity index (χ4n) is 1.07. The molecule has 68 valence electrons. The Kier molecular flexibility index (Phi) is 3.80. The van der Waals surface area contributed by atoms with Gasteiger partial charge in [-0.1, -0.05) is 6.92 Å². The number of nitrogens with two attached hydrogens (primary N) is 1. The number of nitrogens with zero attached hydrogens (tertiary/aromatic N) is 1. The molecule has 1 rings (SSSR count). The lowest BCUT2D eigenvalue weighted by atomic mass is 10.3. The minimum absolute atomic E-state index is 0.712. The summed E-state index contributed by atoms with van der Waals surface area (Å²) >= 11 is 0. The molecule has 0 saturated carbocycles. The van der Waals surface area contributed by atoms with Gasteiger partial charge in [-0.15, -0.1) is 0 Å². The Balaban J connectivity index is 2.41. The Morgan fingerprint density at radius 3 is 3.00 bits per heavy atom. The molecule has 3 nitrogen and oxygen atoms in total. The van der Waals surface area contributed by atoms with Crippen LogP contribution >= 0.6 is 0 Å². The van der Waals surface area contributed by atoms with Crippen molar-refractivity contribution in [2.75, 3.05) is 6.54 Å². The van der Waals surface area contributed by atoms with Crippen molar-refractivity contribution in [3.05, 3.63) is 17.8 Å². The van der Waals surface area contributed by atoms with Gasteiger partial charge in [0, 0.05) is 12.8 Å². The molecule has 0 aliphatic heterocycles. The molecule has 0 spiro atoms. The molecule has 1 aromatic heterocycles. The van der Waals surface area contributed by atoms with Crippen LogP contribution < -0.4 is 5.73 Å². The molecule has 0 radical (unpaired) electrons. The largest absolute Gasteiger partial charge is 0.446 e. The first-order valence-electron chi connectivity index (χ1n) is 4.50. The normalized spacial score (nSPS) is 10.5. The van der Waals surface area contributed by atoms with Gasteiger partial charge in [0.1, 0.15) is 5.76 Å². The van der Waals surface area contributed by atoms with Crippen LogP contribution in [0.5, 0.6) is 0 Å². The summed E-state index contributed by atoms with van der Waals surface area (Å²) in [5, 5.41) is 0. The van der Waals surface area contributed by atoms with E-state index in [1.807, 2.05) is 0 Å². The Bertz CT molecular complexity index is 220. The van der Waals surface area contributed by atoms with Crippen molar-refractivity contribution in [1.29, 1.82) is 0 Å². The zero-order valence-corrected chi connectivity index (χ0v) is 7.55. The summed E-state index contributed by atoms with van der Waals surface area (Å²) in [7, 11) is 0. The minimum Gasteiger partial charge on any atom is -0.446 e. The van der Waals surface area contributed by atoms with E-state index in [9.17, 15) is 0 Å². The fourth-order valence-corrected chi connectivity index (χ4v) is 1.07. The van der Waals surface area contributed by atoms with Crippen LogP contribution in [0.25, 0.3) is 0 Å². The van der Waals surface area contributed by atoms with E-state index in [4.69, 9.17) is 10.2 Å². The van der Waals surface area contributed by atoms with Gasteiger partial charge in [-0.2, -0.15) is 0 Å². The Morgan fingerprint density at radius 2 is 2.33 bits per heavy atom. The summed E-state index contributed by atoms with van der Waals surface area (Å²) in [5.74, 6) is 1.81. The highest BCUT2D eigenvalue weighted by molar-refractivity contribution is 4.94. The maximum Gasteiger partial charge on any atom is 0.194 e. The molecule has 0 bridgehead atoms. The summed E-state index contributed by atoms with van der Waals surface area (Å²) in [6.45, 7) is 2.83. The molecule has 0 aliphatic carbocycles. The van der Waals surface area contributed by atoms with Gasteiger partial charge in [0.15, 0.2) is 5.89 Å². The van der Waals surface area contributed by atoms with Gasteiger partial charge in [-0.3, -0.25) is 0 Å². The van der Waals surface area contributed by atoms with Crippen LogP contribution in [0.4, 0.5) is 0 Å². The average Bonchev–Trinajstić information content (AvgIpc) is 2.50. The second-order valence-electron chi connectivity index (χ2n) is 2.86.